The standard InChI is InChI=1S/C15H23NO/c1-5-15(4,10-11(2)3)13-8-6-7-12(9-13)14(16)17/h6-9,11H,5,10H2,1-4H3,(H2,16,17). The van der Waals surface area contributed by atoms with Gasteiger partial charge in [0.25, 0.3) is 0 Å². The van der Waals surface area contributed by atoms with Gasteiger partial charge in [-0.25, -0.2) is 0 Å². The first-order chi connectivity index (χ1) is 7.89. The van der Waals surface area contributed by atoms with Gasteiger partial charge in [-0.15, -0.1) is 0 Å². The quantitative estimate of drug-likeness (QED) is 0.831. The van der Waals surface area contributed by atoms with Crippen LogP contribution in [-0.2, 0) is 5.41 Å². The van der Waals surface area contributed by atoms with E-state index in [2.05, 4.69) is 33.8 Å². The maximum atomic E-state index is 11.2. The summed E-state index contributed by atoms with van der Waals surface area (Å²) in [6.45, 7) is 8.91. The number of rotatable bonds is 5. The molecule has 0 saturated heterocycles. The first-order valence-electron chi connectivity index (χ1n) is 6.29. The number of amides is 1. The van der Waals surface area contributed by atoms with Gasteiger partial charge in [0.2, 0.25) is 5.91 Å². The van der Waals surface area contributed by atoms with Crippen LogP contribution in [0.1, 0.15) is 56.5 Å². The molecule has 0 heterocycles. The normalized spacial score (nSPS) is 14.6. The maximum absolute atomic E-state index is 11.2. The molecule has 0 aromatic heterocycles. The topological polar surface area (TPSA) is 43.1 Å². The maximum Gasteiger partial charge on any atom is 0.248 e. The van der Waals surface area contributed by atoms with E-state index in [-0.39, 0.29) is 11.3 Å². The zero-order valence-corrected chi connectivity index (χ0v) is 11.3. The van der Waals surface area contributed by atoms with Gasteiger partial charge in [-0.1, -0.05) is 39.8 Å². The Morgan fingerprint density at radius 1 is 1.41 bits per heavy atom. The lowest BCUT2D eigenvalue weighted by atomic mass is 9.74. The summed E-state index contributed by atoms with van der Waals surface area (Å²) in [6.07, 6.45) is 2.18. The van der Waals surface area contributed by atoms with Gasteiger partial charge in [0.05, 0.1) is 0 Å². The Balaban J connectivity index is 3.11. The minimum Gasteiger partial charge on any atom is -0.366 e. The summed E-state index contributed by atoms with van der Waals surface area (Å²) in [4.78, 5) is 11.2. The highest BCUT2D eigenvalue weighted by molar-refractivity contribution is 5.92. The molecule has 0 aliphatic rings. The summed E-state index contributed by atoms with van der Waals surface area (Å²) in [5, 5.41) is 0. The Morgan fingerprint density at radius 2 is 2.06 bits per heavy atom. The van der Waals surface area contributed by atoms with E-state index in [1.807, 2.05) is 12.1 Å². The zero-order valence-electron chi connectivity index (χ0n) is 11.3. The molecule has 0 fully saturated rings. The number of carbonyl (C=O) groups excluding carboxylic acids is 1. The summed E-state index contributed by atoms with van der Waals surface area (Å²) in [6, 6.07) is 7.73. The Labute approximate surface area is 104 Å². The fourth-order valence-electron chi connectivity index (χ4n) is 2.42. The largest absolute Gasteiger partial charge is 0.366 e. The van der Waals surface area contributed by atoms with Gasteiger partial charge < -0.3 is 5.73 Å². The molecule has 2 heteroatoms. The summed E-state index contributed by atoms with van der Waals surface area (Å²) in [7, 11) is 0. The molecule has 0 saturated carbocycles. The van der Waals surface area contributed by atoms with E-state index in [0.717, 1.165) is 12.8 Å². The van der Waals surface area contributed by atoms with Crippen molar-refractivity contribution in [3.05, 3.63) is 35.4 Å². The molecule has 1 atom stereocenters. The molecular formula is C15H23NO. The van der Waals surface area contributed by atoms with Gasteiger partial charge in [0, 0.05) is 5.56 Å². The minimum absolute atomic E-state index is 0.125. The number of carbonyl (C=O) groups is 1. The number of hydrogen-bond acceptors (Lipinski definition) is 1. The predicted octanol–water partition coefficient (Wildman–Crippen LogP) is 3.50. The van der Waals surface area contributed by atoms with E-state index >= 15 is 0 Å². The van der Waals surface area contributed by atoms with Crippen LogP contribution in [0.2, 0.25) is 0 Å². The third-order valence-corrected chi connectivity index (χ3v) is 3.48. The molecule has 0 bridgehead atoms. The number of benzene rings is 1. The van der Waals surface area contributed by atoms with Crippen molar-refractivity contribution >= 4 is 5.91 Å². The molecule has 1 unspecified atom stereocenters. The van der Waals surface area contributed by atoms with E-state index < -0.39 is 0 Å². The van der Waals surface area contributed by atoms with Crippen LogP contribution in [0.15, 0.2) is 24.3 Å². The SMILES string of the molecule is CCC(C)(CC(C)C)c1cccc(C(N)=O)c1. The van der Waals surface area contributed by atoms with Gasteiger partial charge >= 0.3 is 0 Å². The molecule has 1 rings (SSSR count). The summed E-state index contributed by atoms with van der Waals surface area (Å²) >= 11 is 0. The van der Waals surface area contributed by atoms with E-state index in [1.54, 1.807) is 6.07 Å². The molecule has 2 nitrogen and oxygen atoms in total. The van der Waals surface area contributed by atoms with Crippen LogP contribution < -0.4 is 5.73 Å². The van der Waals surface area contributed by atoms with Crippen LogP contribution in [0.4, 0.5) is 0 Å². The highest BCUT2D eigenvalue weighted by atomic mass is 16.1. The highest BCUT2D eigenvalue weighted by Gasteiger charge is 2.26. The molecule has 1 amide bonds. The van der Waals surface area contributed by atoms with Gasteiger partial charge in [-0.05, 0) is 41.9 Å². The smallest absolute Gasteiger partial charge is 0.248 e. The lowest BCUT2D eigenvalue weighted by Crippen LogP contribution is -2.24. The molecule has 1 aromatic carbocycles. The van der Waals surface area contributed by atoms with Crippen LogP contribution in [0.3, 0.4) is 0 Å². The van der Waals surface area contributed by atoms with Gasteiger partial charge in [0.15, 0.2) is 0 Å². The Kier molecular flexibility index (Phi) is 4.33. The monoisotopic (exact) mass is 233 g/mol. The Morgan fingerprint density at radius 3 is 2.53 bits per heavy atom. The molecule has 0 aliphatic heterocycles. The molecule has 94 valence electrons. The van der Waals surface area contributed by atoms with Gasteiger partial charge in [-0.3, -0.25) is 4.79 Å². The molecular weight excluding hydrogens is 210 g/mol. The van der Waals surface area contributed by atoms with E-state index in [4.69, 9.17) is 5.73 Å². The van der Waals surface area contributed by atoms with Crippen molar-refractivity contribution in [2.75, 3.05) is 0 Å². The average Bonchev–Trinajstić information content (AvgIpc) is 2.28. The van der Waals surface area contributed by atoms with Crippen molar-refractivity contribution in [1.29, 1.82) is 0 Å². The zero-order chi connectivity index (χ0) is 13.1. The van der Waals surface area contributed by atoms with Crippen LogP contribution >= 0.6 is 0 Å². The summed E-state index contributed by atoms with van der Waals surface area (Å²) in [5.41, 5.74) is 7.27. The van der Waals surface area contributed by atoms with Crippen LogP contribution in [0.5, 0.6) is 0 Å². The Bertz CT molecular complexity index is 398. The van der Waals surface area contributed by atoms with Crippen LogP contribution in [0.25, 0.3) is 0 Å². The van der Waals surface area contributed by atoms with Crippen LogP contribution in [0, 0.1) is 5.92 Å². The first kappa shape index (κ1) is 13.8. The van der Waals surface area contributed by atoms with E-state index in [9.17, 15) is 4.79 Å². The Hall–Kier alpha value is -1.31. The minimum atomic E-state index is -0.352. The predicted molar refractivity (Wildman–Crippen MR) is 72.1 cm³/mol. The van der Waals surface area contributed by atoms with Crippen molar-refractivity contribution in [2.24, 2.45) is 11.7 Å². The van der Waals surface area contributed by atoms with Crippen molar-refractivity contribution in [1.82, 2.24) is 0 Å². The lowest BCUT2D eigenvalue weighted by Gasteiger charge is -2.31. The van der Waals surface area contributed by atoms with Crippen molar-refractivity contribution in [3.8, 4) is 0 Å². The first-order valence-corrected chi connectivity index (χ1v) is 6.29. The second-order valence-corrected chi connectivity index (χ2v) is 5.46. The average molecular weight is 233 g/mol. The third kappa shape index (κ3) is 3.32. The number of hydrogen-bond donors (Lipinski definition) is 1. The van der Waals surface area contributed by atoms with E-state index in [0.29, 0.717) is 11.5 Å². The molecule has 2 N–H and O–H groups in total. The van der Waals surface area contributed by atoms with E-state index in [1.165, 1.54) is 5.56 Å². The lowest BCUT2D eigenvalue weighted by molar-refractivity contribution is 0.1000. The molecule has 0 aliphatic carbocycles. The molecule has 0 spiro atoms. The highest BCUT2D eigenvalue weighted by Crippen LogP contribution is 2.34. The second-order valence-electron chi connectivity index (χ2n) is 5.46. The fourth-order valence-corrected chi connectivity index (χ4v) is 2.42. The number of primary amides is 1. The molecule has 0 radical (unpaired) electrons. The molecule has 1 aromatic rings. The van der Waals surface area contributed by atoms with Crippen molar-refractivity contribution in [3.63, 3.8) is 0 Å². The summed E-state index contributed by atoms with van der Waals surface area (Å²) in [5.74, 6) is 0.284. The number of nitrogens with two attached hydrogens (primary N) is 1. The van der Waals surface area contributed by atoms with Crippen molar-refractivity contribution in [2.45, 2.75) is 46.0 Å². The fraction of sp³-hybridized carbons (Fsp3) is 0.533. The third-order valence-electron chi connectivity index (χ3n) is 3.48. The van der Waals surface area contributed by atoms with Crippen LogP contribution in [-0.4, -0.2) is 5.91 Å². The van der Waals surface area contributed by atoms with Crippen molar-refractivity contribution < 1.29 is 4.79 Å². The second kappa shape index (κ2) is 5.35. The van der Waals surface area contributed by atoms with Gasteiger partial charge in [-0.2, -0.15) is 0 Å². The molecule has 17 heavy (non-hydrogen) atoms. The van der Waals surface area contributed by atoms with Gasteiger partial charge in [0.1, 0.15) is 0 Å². The summed E-state index contributed by atoms with van der Waals surface area (Å²) < 4.78 is 0.